The molecule has 0 amide bonds. The lowest BCUT2D eigenvalue weighted by Gasteiger charge is -2.11. The molecule has 0 bridgehead atoms. The highest BCUT2D eigenvalue weighted by molar-refractivity contribution is 5.59. The van der Waals surface area contributed by atoms with Gasteiger partial charge in [0.15, 0.2) is 0 Å². The number of hydrogen-bond donors (Lipinski definition) is 2. The fourth-order valence-corrected chi connectivity index (χ4v) is 1.53. The Kier molecular flexibility index (Phi) is 4.01. The van der Waals surface area contributed by atoms with Gasteiger partial charge in [0.25, 0.3) is 0 Å². The third-order valence-electron chi connectivity index (χ3n) is 2.27. The molecule has 1 aromatic heterocycles. The Hall–Kier alpha value is -2.71. The van der Waals surface area contributed by atoms with Crippen molar-refractivity contribution in [2.45, 2.75) is 6.36 Å². The van der Waals surface area contributed by atoms with E-state index >= 15 is 0 Å². The van der Waals surface area contributed by atoms with Crippen molar-refractivity contribution in [1.29, 1.82) is 0 Å². The first kappa shape index (κ1) is 14.7. The highest BCUT2D eigenvalue weighted by Gasteiger charge is 2.31. The average molecular weight is 300 g/mol. The van der Waals surface area contributed by atoms with Crippen molar-refractivity contribution in [3.63, 3.8) is 0 Å². The maximum Gasteiger partial charge on any atom is 0.573 e. The summed E-state index contributed by atoms with van der Waals surface area (Å²) in [5.41, 5.74) is 5.83. The lowest BCUT2D eigenvalue weighted by molar-refractivity contribution is -0.274. The number of halogens is 3. The average Bonchev–Trinajstić information content (AvgIpc) is 2.36. The summed E-state index contributed by atoms with van der Waals surface area (Å²) in [6, 6.07) is 6.78. The van der Waals surface area contributed by atoms with E-state index in [4.69, 9.17) is 10.5 Å². The van der Waals surface area contributed by atoms with Crippen LogP contribution in [0.4, 0.5) is 30.6 Å². The zero-order valence-corrected chi connectivity index (χ0v) is 10.8. The largest absolute Gasteiger partial charge is 0.573 e. The van der Waals surface area contributed by atoms with Gasteiger partial charge in [-0.25, -0.2) is 0 Å². The molecule has 112 valence electrons. The third-order valence-corrected chi connectivity index (χ3v) is 2.27. The Morgan fingerprint density at radius 1 is 1.19 bits per heavy atom. The number of nitrogens with zero attached hydrogens (tertiary/aromatic N) is 2. The van der Waals surface area contributed by atoms with Crippen molar-refractivity contribution in [2.75, 3.05) is 18.2 Å². The van der Waals surface area contributed by atoms with Crippen molar-refractivity contribution >= 4 is 17.5 Å². The summed E-state index contributed by atoms with van der Waals surface area (Å²) < 4.78 is 45.2. The SMILES string of the molecule is COc1cc(Nc2cccc(OC(F)(F)F)c2)nc(N)n1. The normalized spacial score (nSPS) is 11.0. The van der Waals surface area contributed by atoms with Gasteiger partial charge in [0.2, 0.25) is 11.8 Å². The molecular formula is C12H11F3N4O2. The van der Waals surface area contributed by atoms with Gasteiger partial charge in [0.1, 0.15) is 11.6 Å². The lowest BCUT2D eigenvalue weighted by Crippen LogP contribution is -2.17. The van der Waals surface area contributed by atoms with Crippen LogP contribution in [-0.4, -0.2) is 23.4 Å². The number of nitrogens with two attached hydrogens (primary N) is 1. The van der Waals surface area contributed by atoms with Crippen LogP contribution in [0.2, 0.25) is 0 Å². The highest BCUT2D eigenvalue weighted by atomic mass is 19.4. The van der Waals surface area contributed by atoms with Gasteiger partial charge in [-0.05, 0) is 12.1 Å². The second-order valence-corrected chi connectivity index (χ2v) is 3.85. The van der Waals surface area contributed by atoms with E-state index in [1.54, 1.807) is 6.07 Å². The summed E-state index contributed by atoms with van der Waals surface area (Å²) in [4.78, 5) is 7.68. The van der Waals surface area contributed by atoms with Crippen LogP contribution in [0.3, 0.4) is 0 Å². The number of aromatic nitrogens is 2. The van der Waals surface area contributed by atoms with Gasteiger partial charge in [0, 0.05) is 17.8 Å². The molecule has 0 saturated carbocycles. The minimum Gasteiger partial charge on any atom is -0.481 e. The van der Waals surface area contributed by atoms with Gasteiger partial charge >= 0.3 is 6.36 Å². The molecule has 0 aliphatic rings. The Bertz CT molecular complexity index is 634. The molecule has 9 heteroatoms. The van der Waals surface area contributed by atoms with Crippen molar-refractivity contribution in [2.24, 2.45) is 0 Å². The molecule has 1 heterocycles. The van der Waals surface area contributed by atoms with E-state index in [2.05, 4.69) is 20.0 Å². The number of nitrogen functional groups attached to an aromatic ring is 1. The molecule has 0 aliphatic carbocycles. The number of alkyl halides is 3. The second kappa shape index (κ2) is 5.73. The number of ether oxygens (including phenoxy) is 2. The lowest BCUT2D eigenvalue weighted by atomic mass is 10.3. The molecule has 0 saturated heterocycles. The van der Waals surface area contributed by atoms with E-state index in [9.17, 15) is 13.2 Å². The molecule has 1 aromatic carbocycles. The third kappa shape index (κ3) is 4.41. The topological polar surface area (TPSA) is 82.3 Å². The van der Waals surface area contributed by atoms with Crippen molar-refractivity contribution in [1.82, 2.24) is 9.97 Å². The van der Waals surface area contributed by atoms with Gasteiger partial charge in [0.05, 0.1) is 7.11 Å². The van der Waals surface area contributed by atoms with E-state index in [1.165, 1.54) is 31.4 Å². The zero-order chi connectivity index (χ0) is 15.5. The van der Waals surface area contributed by atoms with E-state index in [-0.39, 0.29) is 23.4 Å². The zero-order valence-electron chi connectivity index (χ0n) is 10.8. The van der Waals surface area contributed by atoms with Crippen LogP contribution in [0.1, 0.15) is 0 Å². The molecule has 0 aliphatic heterocycles. The first-order chi connectivity index (χ1) is 9.85. The van der Waals surface area contributed by atoms with Gasteiger partial charge in [-0.2, -0.15) is 9.97 Å². The molecule has 3 N–H and O–H groups in total. The molecule has 0 unspecified atom stereocenters. The van der Waals surface area contributed by atoms with Crippen molar-refractivity contribution in [3.05, 3.63) is 30.3 Å². The van der Waals surface area contributed by atoms with Crippen LogP contribution in [0.15, 0.2) is 30.3 Å². The van der Waals surface area contributed by atoms with Crippen LogP contribution in [0.25, 0.3) is 0 Å². The molecule has 0 atom stereocenters. The fourth-order valence-electron chi connectivity index (χ4n) is 1.53. The van der Waals surface area contributed by atoms with E-state index < -0.39 is 6.36 Å². The van der Waals surface area contributed by atoms with Crippen LogP contribution < -0.4 is 20.5 Å². The monoisotopic (exact) mass is 300 g/mol. The molecular weight excluding hydrogens is 289 g/mol. The maximum atomic E-state index is 12.2. The van der Waals surface area contributed by atoms with Crippen molar-refractivity contribution in [3.8, 4) is 11.6 Å². The standard InChI is InChI=1S/C12H11F3N4O2/c1-20-10-6-9(18-11(16)19-10)17-7-3-2-4-8(5-7)21-12(13,14)15/h2-6H,1H3,(H3,16,17,18,19). The maximum absolute atomic E-state index is 12.2. The molecule has 6 nitrogen and oxygen atoms in total. The summed E-state index contributed by atoms with van der Waals surface area (Å²) >= 11 is 0. The van der Waals surface area contributed by atoms with Crippen LogP contribution in [0.5, 0.6) is 11.6 Å². The Morgan fingerprint density at radius 2 is 1.95 bits per heavy atom. The van der Waals surface area contributed by atoms with Crippen LogP contribution in [0, 0.1) is 0 Å². The number of hydrogen-bond acceptors (Lipinski definition) is 6. The summed E-state index contributed by atoms with van der Waals surface area (Å²) in [6.07, 6.45) is -4.75. The molecule has 2 aromatic rings. The number of nitrogens with one attached hydrogen (secondary N) is 1. The van der Waals surface area contributed by atoms with E-state index in [1.807, 2.05) is 0 Å². The Morgan fingerprint density at radius 3 is 2.62 bits per heavy atom. The number of methoxy groups -OCH3 is 1. The summed E-state index contributed by atoms with van der Waals surface area (Å²) in [5, 5.41) is 2.79. The van der Waals surface area contributed by atoms with Crippen LogP contribution in [-0.2, 0) is 0 Å². The minimum atomic E-state index is -4.75. The number of anilines is 3. The summed E-state index contributed by atoms with van der Waals surface area (Å²) in [6.45, 7) is 0. The Labute approximate surface area is 117 Å². The second-order valence-electron chi connectivity index (χ2n) is 3.85. The van der Waals surface area contributed by atoms with Gasteiger partial charge < -0.3 is 20.5 Å². The smallest absolute Gasteiger partial charge is 0.481 e. The van der Waals surface area contributed by atoms with Crippen LogP contribution >= 0.6 is 0 Å². The predicted molar refractivity (Wildman–Crippen MR) is 69.4 cm³/mol. The molecule has 21 heavy (non-hydrogen) atoms. The molecule has 0 spiro atoms. The van der Waals surface area contributed by atoms with E-state index in [0.717, 1.165) is 0 Å². The highest BCUT2D eigenvalue weighted by Crippen LogP contribution is 2.26. The molecule has 2 rings (SSSR count). The first-order valence-corrected chi connectivity index (χ1v) is 5.67. The molecule has 0 radical (unpaired) electrons. The van der Waals surface area contributed by atoms with Gasteiger partial charge in [-0.1, -0.05) is 6.07 Å². The summed E-state index contributed by atoms with van der Waals surface area (Å²) in [7, 11) is 1.41. The number of rotatable bonds is 4. The summed E-state index contributed by atoms with van der Waals surface area (Å²) in [5.74, 6) is 0.136. The van der Waals surface area contributed by atoms with Gasteiger partial charge in [-0.3, -0.25) is 0 Å². The predicted octanol–water partition coefficient (Wildman–Crippen LogP) is 2.71. The van der Waals surface area contributed by atoms with Gasteiger partial charge in [-0.15, -0.1) is 13.2 Å². The minimum absolute atomic E-state index is 0.0282. The number of benzene rings is 1. The first-order valence-electron chi connectivity index (χ1n) is 5.67. The Balaban J connectivity index is 2.20. The molecule has 0 fully saturated rings. The van der Waals surface area contributed by atoms with Crippen molar-refractivity contribution < 1.29 is 22.6 Å². The van der Waals surface area contributed by atoms with E-state index in [0.29, 0.717) is 5.69 Å². The quantitative estimate of drug-likeness (QED) is 0.903. The fraction of sp³-hybridized carbons (Fsp3) is 0.167.